The molecule has 1 rings (SSSR count). The minimum Gasteiger partial charge on any atom is -0.462 e. The number of ether oxygens (including phenoxy) is 1. The maximum atomic E-state index is 12.1. The molecule has 0 bridgehead atoms. The zero-order valence-corrected chi connectivity index (χ0v) is 13.9. The van der Waals surface area contributed by atoms with Crippen molar-refractivity contribution in [1.29, 1.82) is 0 Å². The topological polar surface area (TPSA) is 81.4 Å². The summed E-state index contributed by atoms with van der Waals surface area (Å²) in [5.74, 6) is -0.532. The monoisotopic (exact) mass is 312 g/mol. The largest absolute Gasteiger partial charge is 0.462 e. The molecule has 0 saturated heterocycles. The number of thiophene rings is 1. The SMILES string of the molecule is CCOC(=O)c1c(NC(CC)CC)sc(C(=O)CC)c1N. The van der Waals surface area contributed by atoms with Crippen LogP contribution in [0.4, 0.5) is 10.7 Å². The van der Waals surface area contributed by atoms with E-state index in [1.165, 1.54) is 11.3 Å². The molecule has 118 valence electrons. The summed E-state index contributed by atoms with van der Waals surface area (Å²) in [5, 5.41) is 3.95. The van der Waals surface area contributed by atoms with Gasteiger partial charge in [0.2, 0.25) is 0 Å². The molecule has 0 aliphatic heterocycles. The fraction of sp³-hybridized carbons (Fsp3) is 0.600. The van der Waals surface area contributed by atoms with Crippen LogP contribution in [0, 0.1) is 0 Å². The molecular formula is C15H24N2O3S. The molecule has 0 aromatic carbocycles. The highest BCUT2D eigenvalue weighted by molar-refractivity contribution is 7.19. The highest BCUT2D eigenvalue weighted by Crippen LogP contribution is 2.37. The van der Waals surface area contributed by atoms with Gasteiger partial charge in [-0.2, -0.15) is 0 Å². The predicted octanol–water partition coefficient (Wildman–Crippen LogP) is 3.70. The number of nitrogens with two attached hydrogens (primary N) is 1. The number of nitrogen functional groups attached to an aromatic ring is 1. The van der Waals surface area contributed by atoms with Crippen molar-refractivity contribution >= 4 is 33.8 Å². The van der Waals surface area contributed by atoms with E-state index >= 15 is 0 Å². The zero-order valence-electron chi connectivity index (χ0n) is 13.1. The van der Waals surface area contributed by atoms with Crippen LogP contribution in [0.5, 0.6) is 0 Å². The fourth-order valence-corrected chi connectivity index (χ4v) is 3.19. The molecule has 0 amide bonds. The summed E-state index contributed by atoms with van der Waals surface area (Å²) in [6.45, 7) is 7.93. The molecule has 0 saturated carbocycles. The number of rotatable bonds is 8. The Kier molecular flexibility index (Phi) is 6.68. The number of nitrogens with one attached hydrogen (secondary N) is 1. The first kappa shape index (κ1) is 17.5. The van der Waals surface area contributed by atoms with Crippen molar-refractivity contribution in [3.05, 3.63) is 10.4 Å². The van der Waals surface area contributed by atoms with E-state index in [-0.39, 0.29) is 24.1 Å². The molecule has 0 aliphatic carbocycles. The number of esters is 1. The number of ketones is 1. The quantitative estimate of drug-likeness (QED) is 0.565. The number of Topliss-reactive ketones (excluding diaryl/α,β-unsaturated/α-hetero) is 1. The lowest BCUT2D eigenvalue weighted by Crippen LogP contribution is -2.18. The lowest BCUT2D eigenvalue weighted by molar-refractivity contribution is 0.0529. The average molecular weight is 312 g/mol. The summed E-state index contributed by atoms with van der Waals surface area (Å²) in [5.41, 5.74) is 6.55. The molecule has 0 spiro atoms. The van der Waals surface area contributed by atoms with Crippen LogP contribution >= 0.6 is 11.3 Å². The maximum Gasteiger partial charge on any atom is 0.343 e. The summed E-state index contributed by atoms with van der Waals surface area (Å²) in [6, 6.07) is 0.237. The first-order valence-corrected chi connectivity index (χ1v) is 8.20. The van der Waals surface area contributed by atoms with Gasteiger partial charge in [-0.1, -0.05) is 20.8 Å². The molecule has 1 aromatic heterocycles. The number of carbonyl (C=O) groups is 2. The van der Waals surface area contributed by atoms with Crippen LogP contribution < -0.4 is 11.1 Å². The Morgan fingerprint density at radius 2 is 1.86 bits per heavy atom. The van der Waals surface area contributed by atoms with Crippen LogP contribution in [-0.4, -0.2) is 24.4 Å². The molecule has 1 aromatic rings. The molecule has 0 fully saturated rings. The van der Waals surface area contributed by atoms with Crippen molar-refractivity contribution in [1.82, 2.24) is 0 Å². The average Bonchev–Trinajstić information content (AvgIpc) is 2.80. The molecular weight excluding hydrogens is 288 g/mol. The minimum absolute atomic E-state index is 0.0550. The summed E-state index contributed by atoms with van der Waals surface area (Å²) in [7, 11) is 0. The number of hydrogen-bond donors (Lipinski definition) is 2. The number of carbonyl (C=O) groups excluding carboxylic acids is 2. The molecule has 1 heterocycles. The van der Waals surface area contributed by atoms with Crippen molar-refractivity contribution in [3.63, 3.8) is 0 Å². The Hall–Kier alpha value is -1.56. The summed E-state index contributed by atoms with van der Waals surface area (Å²) < 4.78 is 5.06. The lowest BCUT2D eigenvalue weighted by Gasteiger charge is -2.15. The fourth-order valence-electron chi connectivity index (χ4n) is 2.00. The van der Waals surface area contributed by atoms with E-state index in [4.69, 9.17) is 10.5 Å². The summed E-state index contributed by atoms with van der Waals surface area (Å²) in [6.07, 6.45) is 2.21. The van der Waals surface area contributed by atoms with E-state index < -0.39 is 5.97 Å². The molecule has 6 heteroatoms. The van der Waals surface area contributed by atoms with Gasteiger partial charge in [-0.3, -0.25) is 4.79 Å². The predicted molar refractivity (Wildman–Crippen MR) is 87.3 cm³/mol. The van der Waals surface area contributed by atoms with Crippen molar-refractivity contribution in [2.24, 2.45) is 0 Å². The van der Waals surface area contributed by atoms with Gasteiger partial charge in [0, 0.05) is 12.5 Å². The van der Waals surface area contributed by atoms with Crippen LogP contribution in [0.2, 0.25) is 0 Å². The third kappa shape index (κ3) is 3.97. The van der Waals surface area contributed by atoms with Crippen molar-refractivity contribution < 1.29 is 14.3 Å². The van der Waals surface area contributed by atoms with Gasteiger partial charge in [0.05, 0.1) is 17.2 Å². The van der Waals surface area contributed by atoms with Gasteiger partial charge in [0.1, 0.15) is 10.6 Å². The van der Waals surface area contributed by atoms with Crippen LogP contribution in [0.25, 0.3) is 0 Å². The molecule has 0 radical (unpaired) electrons. The first-order valence-electron chi connectivity index (χ1n) is 7.39. The standard InChI is InChI=1S/C15H24N2O3S/c1-5-9(6-2)17-14-11(15(19)20-8-4)12(16)13(21-14)10(18)7-3/h9,17H,5-8,16H2,1-4H3. The van der Waals surface area contributed by atoms with Gasteiger partial charge in [-0.15, -0.1) is 11.3 Å². The van der Waals surface area contributed by atoms with Gasteiger partial charge in [-0.05, 0) is 19.8 Å². The van der Waals surface area contributed by atoms with Crippen LogP contribution in [-0.2, 0) is 4.74 Å². The van der Waals surface area contributed by atoms with Crippen LogP contribution in [0.3, 0.4) is 0 Å². The van der Waals surface area contributed by atoms with Crippen molar-refractivity contribution in [2.45, 2.75) is 53.0 Å². The van der Waals surface area contributed by atoms with E-state index in [0.717, 1.165) is 12.8 Å². The summed E-state index contributed by atoms with van der Waals surface area (Å²) >= 11 is 1.25. The molecule has 5 nitrogen and oxygen atoms in total. The number of anilines is 2. The number of hydrogen-bond acceptors (Lipinski definition) is 6. The smallest absolute Gasteiger partial charge is 0.343 e. The van der Waals surface area contributed by atoms with Gasteiger partial charge >= 0.3 is 5.97 Å². The zero-order chi connectivity index (χ0) is 16.0. The Bertz CT molecular complexity index is 507. The molecule has 0 unspecified atom stereocenters. The maximum absolute atomic E-state index is 12.1. The Labute approximate surface area is 129 Å². The second-order valence-electron chi connectivity index (χ2n) is 4.70. The Morgan fingerprint density at radius 3 is 2.33 bits per heavy atom. The first-order chi connectivity index (χ1) is 9.99. The van der Waals surface area contributed by atoms with E-state index in [0.29, 0.717) is 21.9 Å². The normalized spacial score (nSPS) is 10.7. The molecule has 21 heavy (non-hydrogen) atoms. The van der Waals surface area contributed by atoms with E-state index in [2.05, 4.69) is 19.2 Å². The highest BCUT2D eigenvalue weighted by Gasteiger charge is 2.26. The van der Waals surface area contributed by atoms with Crippen molar-refractivity contribution in [2.75, 3.05) is 17.7 Å². The Balaban J connectivity index is 3.25. The van der Waals surface area contributed by atoms with Gasteiger partial charge in [0.25, 0.3) is 0 Å². The highest BCUT2D eigenvalue weighted by atomic mass is 32.1. The third-order valence-corrected chi connectivity index (χ3v) is 4.50. The Morgan fingerprint density at radius 1 is 1.24 bits per heavy atom. The molecule has 0 atom stereocenters. The summed E-state index contributed by atoms with van der Waals surface area (Å²) in [4.78, 5) is 24.5. The molecule has 3 N–H and O–H groups in total. The van der Waals surface area contributed by atoms with Crippen LogP contribution in [0.15, 0.2) is 0 Å². The van der Waals surface area contributed by atoms with E-state index in [9.17, 15) is 9.59 Å². The third-order valence-electron chi connectivity index (χ3n) is 3.32. The van der Waals surface area contributed by atoms with E-state index in [1.54, 1.807) is 13.8 Å². The van der Waals surface area contributed by atoms with Crippen molar-refractivity contribution in [3.8, 4) is 0 Å². The molecule has 0 aliphatic rings. The van der Waals surface area contributed by atoms with Crippen LogP contribution in [0.1, 0.15) is 67.0 Å². The lowest BCUT2D eigenvalue weighted by atomic mass is 10.1. The van der Waals surface area contributed by atoms with Gasteiger partial charge in [0.15, 0.2) is 5.78 Å². The second kappa shape index (κ2) is 8.02. The van der Waals surface area contributed by atoms with Gasteiger partial charge < -0.3 is 15.8 Å². The van der Waals surface area contributed by atoms with E-state index in [1.807, 2.05) is 0 Å². The van der Waals surface area contributed by atoms with Gasteiger partial charge in [-0.25, -0.2) is 4.79 Å². The minimum atomic E-state index is -0.477. The second-order valence-corrected chi connectivity index (χ2v) is 5.72.